The standard InChI is InChI=1S/C16H13Cl2N3O2/c17-9-5-6-10(18)13(7-9)20-15(22)8-14-16(23)21-12-4-2-1-3-11(12)19-14/h1-7,14,19H,8H2,(H,20,22)(H,21,23)/t14-/m0/s1. The summed E-state index contributed by atoms with van der Waals surface area (Å²) in [5, 5.41) is 9.34. The van der Waals surface area contributed by atoms with E-state index in [1.54, 1.807) is 24.3 Å². The topological polar surface area (TPSA) is 70.2 Å². The average molecular weight is 350 g/mol. The Bertz CT molecular complexity index is 780. The van der Waals surface area contributed by atoms with Crippen LogP contribution in [-0.4, -0.2) is 17.9 Å². The van der Waals surface area contributed by atoms with E-state index in [1.807, 2.05) is 18.2 Å². The molecule has 0 fully saturated rings. The van der Waals surface area contributed by atoms with E-state index in [4.69, 9.17) is 23.2 Å². The molecule has 3 rings (SSSR count). The first kappa shape index (κ1) is 15.6. The second kappa shape index (κ2) is 6.48. The molecule has 0 aliphatic carbocycles. The van der Waals surface area contributed by atoms with Crippen molar-refractivity contribution in [3.05, 3.63) is 52.5 Å². The molecule has 7 heteroatoms. The SMILES string of the molecule is O=C(C[C@@H]1Nc2ccccc2NC1=O)Nc1cc(Cl)ccc1Cl. The molecule has 0 spiro atoms. The number of rotatable bonds is 3. The molecule has 2 aromatic carbocycles. The summed E-state index contributed by atoms with van der Waals surface area (Å²) in [5.74, 6) is -0.586. The van der Waals surface area contributed by atoms with Gasteiger partial charge < -0.3 is 16.0 Å². The molecule has 1 atom stereocenters. The molecular weight excluding hydrogens is 337 g/mol. The van der Waals surface area contributed by atoms with E-state index in [2.05, 4.69) is 16.0 Å². The first-order valence-corrected chi connectivity index (χ1v) is 7.70. The lowest BCUT2D eigenvalue weighted by molar-refractivity contribution is -0.122. The van der Waals surface area contributed by atoms with Crippen molar-refractivity contribution >= 4 is 52.1 Å². The van der Waals surface area contributed by atoms with Gasteiger partial charge in [0.1, 0.15) is 6.04 Å². The van der Waals surface area contributed by atoms with Gasteiger partial charge in [-0.2, -0.15) is 0 Å². The van der Waals surface area contributed by atoms with E-state index >= 15 is 0 Å². The molecule has 0 aromatic heterocycles. The Balaban J connectivity index is 1.69. The third kappa shape index (κ3) is 3.57. The summed E-state index contributed by atoms with van der Waals surface area (Å²) in [4.78, 5) is 24.2. The molecule has 5 nitrogen and oxygen atoms in total. The van der Waals surface area contributed by atoms with Gasteiger partial charge in [0, 0.05) is 5.02 Å². The number of amides is 2. The van der Waals surface area contributed by atoms with Crippen molar-refractivity contribution in [3.8, 4) is 0 Å². The lowest BCUT2D eigenvalue weighted by atomic mass is 10.1. The summed E-state index contributed by atoms with van der Waals surface area (Å²) in [6, 6.07) is 11.5. The Morgan fingerprint density at radius 1 is 1.13 bits per heavy atom. The molecule has 0 radical (unpaired) electrons. The molecule has 1 heterocycles. The number of anilines is 3. The maximum atomic E-state index is 12.2. The summed E-state index contributed by atoms with van der Waals surface area (Å²) in [7, 11) is 0. The molecule has 1 aliphatic rings. The summed E-state index contributed by atoms with van der Waals surface area (Å²) in [5.41, 5.74) is 1.90. The minimum Gasteiger partial charge on any atom is -0.372 e. The first-order valence-electron chi connectivity index (χ1n) is 6.94. The zero-order chi connectivity index (χ0) is 16.4. The second-order valence-electron chi connectivity index (χ2n) is 5.11. The van der Waals surface area contributed by atoms with Crippen LogP contribution in [0.2, 0.25) is 10.0 Å². The molecule has 118 valence electrons. The molecule has 1 aliphatic heterocycles. The third-order valence-electron chi connectivity index (χ3n) is 3.42. The highest BCUT2D eigenvalue weighted by Crippen LogP contribution is 2.28. The van der Waals surface area contributed by atoms with Crippen LogP contribution in [0.5, 0.6) is 0 Å². The Labute approximate surface area is 143 Å². The summed E-state index contributed by atoms with van der Waals surface area (Å²) < 4.78 is 0. The van der Waals surface area contributed by atoms with Crippen LogP contribution in [0.3, 0.4) is 0 Å². The van der Waals surface area contributed by atoms with Crippen LogP contribution in [0.15, 0.2) is 42.5 Å². The Morgan fingerprint density at radius 2 is 1.87 bits per heavy atom. The highest BCUT2D eigenvalue weighted by atomic mass is 35.5. The van der Waals surface area contributed by atoms with Crippen LogP contribution in [0.1, 0.15) is 6.42 Å². The van der Waals surface area contributed by atoms with Crippen LogP contribution < -0.4 is 16.0 Å². The summed E-state index contributed by atoms with van der Waals surface area (Å²) in [6.45, 7) is 0. The van der Waals surface area contributed by atoms with Gasteiger partial charge in [0.25, 0.3) is 0 Å². The van der Waals surface area contributed by atoms with E-state index in [0.717, 1.165) is 5.69 Å². The second-order valence-corrected chi connectivity index (χ2v) is 5.95. The van der Waals surface area contributed by atoms with Crippen molar-refractivity contribution in [1.29, 1.82) is 0 Å². The van der Waals surface area contributed by atoms with Gasteiger partial charge in [0.15, 0.2) is 0 Å². The van der Waals surface area contributed by atoms with Crippen molar-refractivity contribution in [2.75, 3.05) is 16.0 Å². The first-order chi connectivity index (χ1) is 11.0. The van der Waals surface area contributed by atoms with Gasteiger partial charge in [-0.3, -0.25) is 9.59 Å². The number of nitrogens with one attached hydrogen (secondary N) is 3. The zero-order valence-electron chi connectivity index (χ0n) is 11.9. The molecular formula is C16H13Cl2N3O2. The molecule has 2 aromatic rings. The number of carbonyl (C=O) groups is 2. The van der Waals surface area contributed by atoms with Crippen molar-refractivity contribution < 1.29 is 9.59 Å². The van der Waals surface area contributed by atoms with E-state index in [-0.39, 0.29) is 18.2 Å². The van der Waals surface area contributed by atoms with Gasteiger partial charge in [-0.1, -0.05) is 35.3 Å². The minimum atomic E-state index is -0.650. The third-order valence-corrected chi connectivity index (χ3v) is 3.99. The van der Waals surface area contributed by atoms with E-state index in [9.17, 15) is 9.59 Å². The molecule has 23 heavy (non-hydrogen) atoms. The van der Waals surface area contributed by atoms with Gasteiger partial charge in [-0.25, -0.2) is 0 Å². The van der Waals surface area contributed by atoms with E-state index in [1.165, 1.54) is 0 Å². The predicted octanol–water partition coefficient (Wildman–Crippen LogP) is 3.75. The van der Waals surface area contributed by atoms with Crippen LogP contribution >= 0.6 is 23.2 Å². The normalized spacial score (nSPS) is 16.1. The van der Waals surface area contributed by atoms with Crippen molar-refractivity contribution in [2.24, 2.45) is 0 Å². The highest BCUT2D eigenvalue weighted by molar-refractivity contribution is 6.35. The quantitative estimate of drug-likeness (QED) is 0.790. The van der Waals surface area contributed by atoms with E-state index < -0.39 is 6.04 Å². The number of para-hydroxylation sites is 2. The number of halogens is 2. The number of carbonyl (C=O) groups excluding carboxylic acids is 2. The number of hydrogen-bond acceptors (Lipinski definition) is 3. The van der Waals surface area contributed by atoms with Gasteiger partial charge in [0.05, 0.1) is 28.5 Å². The Morgan fingerprint density at radius 3 is 2.65 bits per heavy atom. The van der Waals surface area contributed by atoms with Gasteiger partial charge >= 0.3 is 0 Å². The van der Waals surface area contributed by atoms with Crippen LogP contribution in [-0.2, 0) is 9.59 Å². The predicted molar refractivity (Wildman–Crippen MR) is 92.2 cm³/mol. The molecule has 3 N–H and O–H groups in total. The zero-order valence-corrected chi connectivity index (χ0v) is 13.4. The van der Waals surface area contributed by atoms with Crippen LogP contribution in [0.25, 0.3) is 0 Å². The maximum Gasteiger partial charge on any atom is 0.247 e. The monoisotopic (exact) mass is 349 g/mol. The van der Waals surface area contributed by atoms with Crippen LogP contribution in [0.4, 0.5) is 17.1 Å². The van der Waals surface area contributed by atoms with Gasteiger partial charge in [-0.05, 0) is 30.3 Å². The number of hydrogen-bond donors (Lipinski definition) is 3. The van der Waals surface area contributed by atoms with Crippen molar-refractivity contribution in [3.63, 3.8) is 0 Å². The minimum absolute atomic E-state index is 0.0248. The molecule has 0 saturated heterocycles. The molecule has 0 saturated carbocycles. The Kier molecular flexibility index (Phi) is 4.41. The smallest absolute Gasteiger partial charge is 0.247 e. The average Bonchev–Trinajstić information content (AvgIpc) is 2.51. The summed E-state index contributed by atoms with van der Waals surface area (Å²) in [6.07, 6.45) is -0.0248. The van der Waals surface area contributed by atoms with Crippen molar-refractivity contribution in [1.82, 2.24) is 0 Å². The molecule has 2 amide bonds. The van der Waals surface area contributed by atoms with Gasteiger partial charge in [0.2, 0.25) is 11.8 Å². The maximum absolute atomic E-state index is 12.2. The van der Waals surface area contributed by atoms with Gasteiger partial charge in [-0.15, -0.1) is 0 Å². The lowest BCUT2D eigenvalue weighted by Crippen LogP contribution is -2.41. The lowest BCUT2D eigenvalue weighted by Gasteiger charge is -2.26. The fourth-order valence-electron chi connectivity index (χ4n) is 2.31. The van der Waals surface area contributed by atoms with Crippen LogP contribution in [0, 0.1) is 0 Å². The Hall–Kier alpha value is -2.24. The van der Waals surface area contributed by atoms with E-state index in [0.29, 0.717) is 21.4 Å². The molecule has 0 bridgehead atoms. The highest BCUT2D eigenvalue weighted by Gasteiger charge is 2.27. The number of benzene rings is 2. The largest absolute Gasteiger partial charge is 0.372 e. The fraction of sp³-hybridized carbons (Fsp3) is 0.125. The van der Waals surface area contributed by atoms with Crippen molar-refractivity contribution in [2.45, 2.75) is 12.5 Å². The number of fused-ring (bicyclic) bond motifs is 1. The molecule has 0 unspecified atom stereocenters. The summed E-state index contributed by atoms with van der Waals surface area (Å²) >= 11 is 11.9. The fourth-order valence-corrected chi connectivity index (χ4v) is 2.65.